The second-order valence-electron chi connectivity index (χ2n) is 5.19. The van der Waals surface area contributed by atoms with Crippen LogP contribution >= 0.6 is 11.8 Å². The van der Waals surface area contributed by atoms with Crippen LogP contribution in [0.25, 0.3) is 10.9 Å². The van der Waals surface area contributed by atoms with Crippen molar-refractivity contribution in [2.45, 2.75) is 26.3 Å². The summed E-state index contributed by atoms with van der Waals surface area (Å²) in [4.78, 5) is 6.97. The number of fused-ring (bicyclic) bond motifs is 1. The molecule has 0 radical (unpaired) electrons. The Morgan fingerprint density at radius 1 is 1.35 bits per heavy atom. The minimum Gasteiger partial charge on any atom is -0.399 e. The van der Waals surface area contributed by atoms with E-state index in [9.17, 15) is 0 Å². The van der Waals surface area contributed by atoms with E-state index in [1.165, 1.54) is 5.69 Å². The van der Waals surface area contributed by atoms with E-state index >= 15 is 0 Å². The largest absolute Gasteiger partial charge is 0.399 e. The van der Waals surface area contributed by atoms with Crippen molar-refractivity contribution in [3.63, 3.8) is 0 Å². The first-order valence-corrected chi connectivity index (χ1v) is 8.34. The van der Waals surface area contributed by atoms with Gasteiger partial charge in [-0.05, 0) is 43.9 Å². The number of hydrogen-bond acceptors (Lipinski definition) is 4. The first-order chi connectivity index (χ1) is 9.56. The van der Waals surface area contributed by atoms with Crippen molar-refractivity contribution in [3.8, 4) is 0 Å². The van der Waals surface area contributed by atoms with Crippen LogP contribution in [0.15, 0.2) is 24.3 Å². The molecule has 0 aliphatic heterocycles. The van der Waals surface area contributed by atoms with Gasteiger partial charge in [0, 0.05) is 41.3 Å². The fraction of sp³-hybridized carbons (Fsp3) is 0.438. The van der Waals surface area contributed by atoms with Gasteiger partial charge in [0.2, 0.25) is 0 Å². The Balaban J connectivity index is 2.54. The predicted molar refractivity (Wildman–Crippen MR) is 91.8 cm³/mol. The van der Waals surface area contributed by atoms with Crippen molar-refractivity contribution in [2.24, 2.45) is 0 Å². The lowest BCUT2D eigenvalue weighted by molar-refractivity contribution is 0.674. The maximum Gasteiger partial charge on any atom is 0.0727 e. The third kappa shape index (κ3) is 3.01. The Bertz CT molecular complexity index is 598. The lowest BCUT2D eigenvalue weighted by atomic mass is 10.1. The average molecular weight is 289 g/mol. The van der Waals surface area contributed by atoms with Crippen LogP contribution < -0.4 is 10.6 Å². The van der Waals surface area contributed by atoms with E-state index in [1.54, 1.807) is 0 Å². The number of aryl methyl sites for hydroxylation is 1. The van der Waals surface area contributed by atoms with Crippen molar-refractivity contribution in [3.05, 3.63) is 30.0 Å². The van der Waals surface area contributed by atoms with Gasteiger partial charge in [0.1, 0.15) is 0 Å². The summed E-state index contributed by atoms with van der Waals surface area (Å²) >= 11 is 1.89. The van der Waals surface area contributed by atoms with Crippen LogP contribution in [0.2, 0.25) is 0 Å². The van der Waals surface area contributed by atoms with Crippen LogP contribution in [0.1, 0.15) is 19.0 Å². The standard InChI is InChI=1S/C16H23N3S/c1-5-13(10-20-4)19(3)16-8-11(2)18-15-7-6-12(17)9-14(15)16/h6-9,13H,5,10,17H2,1-4H3. The zero-order valence-corrected chi connectivity index (χ0v) is 13.5. The van der Waals surface area contributed by atoms with Gasteiger partial charge in [-0.25, -0.2) is 0 Å². The second-order valence-corrected chi connectivity index (χ2v) is 6.10. The molecule has 3 nitrogen and oxygen atoms in total. The highest BCUT2D eigenvalue weighted by Gasteiger charge is 2.16. The number of nitrogens with zero attached hydrogens (tertiary/aromatic N) is 2. The Morgan fingerprint density at radius 3 is 2.75 bits per heavy atom. The minimum absolute atomic E-state index is 0.524. The van der Waals surface area contributed by atoms with Crippen LogP contribution in [-0.2, 0) is 0 Å². The molecular weight excluding hydrogens is 266 g/mol. The molecule has 2 N–H and O–H groups in total. The molecule has 0 bridgehead atoms. The molecule has 1 aromatic carbocycles. The highest BCUT2D eigenvalue weighted by atomic mass is 32.2. The third-order valence-corrected chi connectivity index (χ3v) is 4.42. The van der Waals surface area contributed by atoms with Crippen LogP contribution in [0.3, 0.4) is 0 Å². The first kappa shape index (κ1) is 15.0. The van der Waals surface area contributed by atoms with Gasteiger partial charge in [-0.2, -0.15) is 11.8 Å². The Morgan fingerprint density at radius 2 is 2.10 bits per heavy atom. The normalized spacial score (nSPS) is 12.6. The van der Waals surface area contributed by atoms with Gasteiger partial charge in [0.05, 0.1) is 5.52 Å². The molecule has 0 saturated heterocycles. The number of nitrogen functional groups attached to an aromatic ring is 1. The van der Waals surface area contributed by atoms with E-state index < -0.39 is 0 Å². The minimum atomic E-state index is 0.524. The zero-order chi connectivity index (χ0) is 14.7. The van der Waals surface area contributed by atoms with Gasteiger partial charge in [0.25, 0.3) is 0 Å². The number of anilines is 2. The van der Waals surface area contributed by atoms with Crippen LogP contribution in [0.4, 0.5) is 11.4 Å². The molecular formula is C16H23N3S. The van der Waals surface area contributed by atoms with Crippen LogP contribution in [0, 0.1) is 6.92 Å². The molecule has 0 aliphatic rings. The van der Waals surface area contributed by atoms with Gasteiger partial charge in [-0.3, -0.25) is 4.98 Å². The summed E-state index contributed by atoms with van der Waals surface area (Å²) in [6, 6.07) is 8.63. The quantitative estimate of drug-likeness (QED) is 0.852. The maximum absolute atomic E-state index is 5.95. The fourth-order valence-electron chi connectivity index (χ4n) is 2.54. The summed E-state index contributed by atoms with van der Waals surface area (Å²) in [5.41, 5.74) is 10.0. The molecule has 1 aromatic heterocycles. The second kappa shape index (κ2) is 6.35. The van der Waals surface area contributed by atoms with Crippen LogP contribution in [-0.4, -0.2) is 30.1 Å². The number of nitrogens with two attached hydrogens (primary N) is 1. The predicted octanol–water partition coefficient (Wildman–Crippen LogP) is 3.70. The molecule has 0 aliphatic carbocycles. The van der Waals surface area contributed by atoms with Crippen molar-refractivity contribution in [1.29, 1.82) is 0 Å². The number of rotatable bonds is 5. The fourth-order valence-corrected chi connectivity index (χ4v) is 3.38. The van der Waals surface area contributed by atoms with E-state index in [0.717, 1.165) is 34.5 Å². The molecule has 1 atom stereocenters. The molecule has 108 valence electrons. The highest BCUT2D eigenvalue weighted by Crippen LogP contribution is 2.30. The van der Waals surface area contributed by atoms with Gasteiger partial charge in [-0.15, -0.1) is 0 Å². The summed E-state index contributed by atoms with van der Waals surface area (Å²) in [7, 11) is 2.17. The SMILES string of the molecule is CCC(CSC)N(C)c1cc(C)nc2ccc(N)cc12. The smallest absolute Gasteiger partial charge is 0.0727 e. The number of thioether (sulfide) groups is 1. The first-order valence-electron chi connectivity index (χ1n) is 6.95. The van der Waals surface area contributed by atoms with E-state index in [-0.39, 0.29) is 0 Å². The van der Waals surface area contributed by atoms with E-state index in [0.29, 0.717) is 6.04 Å². The number of aromatic nitrogens is 1. The van der Waals surface area contributed by atoms with Crippen molar-refractivity contribution >= 4 is 34.0 Å². The Labute approximate surface area is 125 Å². The average Bonchev–Trinajstić information content (AvgIpc) is 2.43. The summed E-state index contributed by atoms with van der Waals surface area (Å²) in [5.74, 6) is 1.12. The lowest BCUT2D eigenvalue weighted by Gasteiger charge is -2.30. The maximum atomic E-state index is 5.95. The van der Waals surface area contributed by atoms with E-state index in [2.05, 4.69) is 36.2 Å². The van der Waals surface area contributed by atoms with Gasteiger partial charge in [-0.1, -0.05) is 6.92 Å². The van der Waals surface area contributed by atoms with E-state index in [1.807, 2.05) is 36.9 Å². The van der Waals surface area contributed by atoms with Crippen molar-refractivity contribution in [2.75, 3.05) is 29.7 Å². The van der Waals surface area contributed by atoms with Crippen molar-refractivity contribution in [1.82, 2.24) is 4.98 Å². The third-order valence-electron chi connectivity index (χ3n) is 3.70. The molecule has 0 amide bonds. The number of pyridine rings is 1. The zero-order valence-electron chi connectivity index (χ0n) is 12.7. The molecule has 2 rings (SSSR count). The monoisotopic (exact) mass is 289 g/mol. The van der Waals surface area contributed by atoms with E-state index in [4.69, 9.17) is 5.73 Å². The lowest BCUT2D eigenvalue weighted by Crippen LogP contribution is -2.33. The van der Waals surface area contributed by atoms with Gasteiger partial charge < -0.3 is 10.6 Å². The van der Waals surface area contributed by atoms with Crippen molar-refractivity contribution < 1.29 is 0 Å². The van der Waals surface area contributed by atoms with Crippen LogP contribution in [0.5, 0.6) is 0 Å². The summed E-state index contributed by atoms with van der Waals surface area (Å²) < 4.78 is 0. The molecule has 20 heavy (non-hydrogen) atoms. The molecule has 0 saturated carbocycles. The molecule has 2 aromatic rings. The highest BCUT2D eigenvalue weighted by molar-refractivity contribution is 7.98. The summed E-state index contributed by atoms with van der Waals surface area (Å²) in [6.07, 6.45) is 3.28. The molecule has 4 heteroatoms. The summed E-state index contributed by atoms with van der Waals surface area (Å²) in [6.45, 7) is 4.28. The van der Waals surface area contributed by atoms with Gasteiger partial charge in [0.15, 0.2) is 0 Å². The molecule has 1 heterocycles. The Kier molecular flexibility index (Phi) is 4.76. The topological polar surface area (TPSA) is 42.2 Å². The molecule has 0 spiro atoms. The molecule has 1 unspecified atom stereocenters. The number of hydrogen-bond donors (Lipinski definition) is 1. The number of benzene rings is 1. The summed E-state index contributed by atoms with van der Waals surface area (Å²) in [5, 5.41) is 1.14. The Hall–Kier alpha value is -1.42. The molecule has 0 fully saturated rings. The van der Waals surface area contributed by atoms with Gasteiger partial charge >= 0.3 is 0 Å².